The quantitative estimate of drug-likeness (QED) is 0.267. The highest BCUT2D eigenvalue weighted by molar-refractivity contribution is 7.81. The van der Waals surface area contributed by atoms with Crippen LogP contribution in [0.2, 0.25) is 10.0 Å². The molecule has 4 nitrogen and oxygen atoms in total. The lowest BCUT2D eigenvalue weighted by molar-refractivity contribution is -0.578. The zero-order valence-electron chi connectivity index (χ0n) is 15.8. The van der Waals surface area contributed by atoms with Gasteiger partial charge in [-0.25, -0.2) is 0 Å². The first-order valence-electron chi connectivity index (χ1n) is 8.69. The molecule has 2 aromatic carbocycles. The Balaban J connectivity index is 2.09. The van der Waals surface area contributed by atoms with Gasteiger partial charge in [0.15, 0.2) is 17.4 Å². The van der Waals surface area contributed by atoms with Crippen molar-refractivity contribution in [2.24, 2.45) is 0 Å². The summed E-state index contributed by atoms with van der Waals surface area (Å²) in [4.78, 5) is 0.256. The summed E-state index contributed by atoms with van der Waals surface area (Å²) in [5.74, 6) is 0.389. The van der Waals surface area contributed by atoms with Crippen LogP contribution in [-0.4, -0.2) is 12.1 Å². The third-order valence-corrected chi connectivity index (χ3v) is 5.02. The van der Waals surface area contributed by atoms with Crippen molar-refractivity contribution >= 4 is 57.6 Å². The minimum atomic E-state index is -0.334. The third-order valence-electron chi connectivity index (χ3n) is 4.16. The van der Waals surface area contributed by atoms with Crippen LogP contribution in [0.25, 0.3) is 11.5 Å². The highest BCUT2D eigenvalue weighted by Gasteiger charge is 2.20. The van der Waals surface area contributed by atoms with E-state index in [1.807, 2.05) is 37.4 Å². The summed E-state index contributed by atoms with van der Waals surface area (Å²) in [7, 11) is 1.60. The van der Waals surface area contributed by atoms with Gasteiger partial charge < -0.3 is 15.2 Å². The minimum absolute atomic E-state index is 0.256. The van der Waals surface area contributed by atoms with Crippen LogP contribution >= 0.6 is 35.4 Å². The average Bonchev–Trinajstić information content (AvgIpc) is 2.70. The zero-order valence-corrected chi connectivity index (χ0v) is 18.1. The van der Waals surface area contributed by atoms with Crippen LogP contribution in [0.15, 0.2) is 67.0 Å². The smallest absolute Gasteiger partial charge is 0.238 e. The summed E-state index contributed by atoms with van der Waals surface area (Å²) in [5.41, 5.74) is 2.25. The fraction of sp³-hybridized carbons (Fsp3) is 0.0909. The van der Waals surface area contributed by atoms with Crippen LogP contribution in [0.5, 0.6) is 5.75 Å². The first-order valence-corrected chi connectivity index (χ1v) is 9.86. The highest BCUT2D eigenvalue weighted by atomic mass is 35.5. The SMILES string of the molecule is COc1ccc(NC(=S)/C(=C(/[O-])c2cc(Cl)ccc2Cl)[n+]2cccc(C)c2)cc1. The van der Waals surface area contributed by atoms with Crippen molar-refractivity contribution in [1.82, 2.24) is 0 Å². The molecule has 0 aliphatic carbocycles. The van der Waals surface area contributed by atoms with Crippen LogP contribution in [0.1, 0.15) is 11.1 Å². The van der Waals surface area contributed by atoms with E-state index in [0.29, 0.717) is 10.0 Å². The zero-order chi connectivity index (χ0) is 21.0. The molecule has 0 saturated heterocycles. The van der Waals surface area contributed by atoms with Crippen molar-refractivity contribution in [3.63, 3.8) is 0 Å². The summed E-state index contributed by atoms with van der Waals surface area (Å²) in [5, 5.41) is 17.3. The maximum Gasteiger partial charge on any atom is 0.238 e. The van der Waals surface area contributed by atoms with E-state index in [4.69, 9.17) is 40.2 Å². The highest BCUT2D eigenvalue weighted by Crippen LogP contribution is 2.27. The van der Waals surface area contributed by atoms with Gasteiger partial charge in [0.25, 0.3) is 0 Å². The Morgan fingerprint density at radius 2 is 1.83 bits per heavy atom. The standard InChI is InChI=1S/C22H18Cl2N2O2S/c1-14-4-3-11-26(13-14)20(21(27)18-12-15(23)5-10-19(18)24)22(29)25-16-6-8-17(28-2)9-7-16/h3-13H,1-2H3,(H-,25,27,29). The first-order chi connectivity index (χ1) is 13.9. The second-order valence-electron chi connectivity index (χ2n) is 6.27. The molecule has 0 fully saturated rings. The van der Waals surface area contributed by atoms with Gasteiger partial charge in [-0.2, -0.15) is 4.57 Å². The second kappa shape index (κ2) is 9.27. The number of aromatic nitrogens is 1. The van der Waals surface area contributed by atoms with E-state index in [1.165, 1.54) is 0 Å². The lowest BCUT2D eigenvalue weighted by Crippen LogP contribution is -2.40. The number of hydrogen-bond donors (Lipinski definition) is 1. The lowest BCUT2D eigenvalue weighted by atomic mass is 10.1. The molecule has 0 spiro atoms. The maximum atomic E-state index is 13.4. The lowest BCUT2D eigenvalue weighted by Gasteiger charge is -2.18. The van der Waals surface area contributed by atoms with Gasteiger partial charge in [-0.1, -0.05) is 35.4 Å². The van der Waals surface area contributed by atoms with Gasteiger partial charge in [0.1, 0.15) is 5.75 Å². The Hall–Kier alpha value is -2.60. The average molecular weight is 445 g/mol. The molecule has 29 heavy (non-hydrogen) atoms. The van der Waals surface area contributed by atoms with Gasteiger partial charge in [0.05, 0.1) is 7.11 Å². The summed E-state index contributed by atoms with van der Waals surface area (Å²) >= 11 is 18.0. The van der Waals surface area contributed by atoms with Gasteiger partial charge in [0.2, 0.25) is 5.70 Å². The monoisotopic (exact) mass is 444 g/mol. The number of rotatable bonds is 5. The molecule has 0 radical (unpaired) electrons. The number of ether oxygens (including phenoxy) is 1. The Bertz CT molecular complexity index is 1080. The Labute approximate surface area is 185 Å². The van der Waals surface area contributed by atoms with Crippen LogP contribution in [0.3, 0.4) is 0 Å². The summed E-state index contributed by atoms with van der Waals surface area (Å²) in [6.45, 7) is 1.94. The van der Waals surface area contributed by atoms with E-state index in [2.05, 4.69) is 5.32 Å². The van der Waals surface area contributed by atoms with Crippen molar-refractivity contribution in [2.75, 3.05) is 12.4 Å². The van der Waals surface area contributed by atoms with Crippen molar-refractivity contribution < 1.29 is 14.4 Å². The van der Waals surface area contributed by atoms with Crippen molar-refractivity contribution in [3.05, 3.63) is 88.2 Å². The summed E-state index contributed by atoms with van der Waals surface area (Å²) < 4.78 is 6.86. The Kier molecular flexibility index (Phi) is 6.75. The molecule has 0 aliphatic heterocycles. The molecule has 3 aromatic rings. The molecular formula is C22H18Cl2N2O2S. The van der Waals surface area contributed by atoms with E-state index in [0.717, 1.165) is 17.0 Å². The van der Waals surface area contributed by atoms with Crippen molar-refractivity contribution in [2.45, 2.75) is 6.92 Å². The summed E-state index contributed by atoms with van der Waals surface area (Å²) in [6.07, 6.45) is 3.59. The maximum absolute atomic E-state index is 13.4. The van der Waals surface area contributed by atoms with E-state index in [9.17, 15) is 5.11 Å². The predicted molar refractivity (Wildman–Crippen MR) is 120 cm³/mol. The number of halogens is 2. The third kappa shape index (κ3) is 5.07. The molecular weight excluding hydrogens is 427 g/mol. The fourth-order valence-corrected chi connectivity index (χ4v) is 3.42. The van der Waals surface area contributed by atoms with Gasteiger partial charge in [-0.15, -0.1) is 0 Å². The van der Waals surface area contributed by atoms with Crippen molar-refractivity contribution in [3.8, 4) is 5.75 Å². The Morgan fingerprint density at radius 1 is 1.10 bits per heavy atom. The molecule has 0 bridgehead atoms. The van der Waals surface area contributed by atoms with Gasteiger partial charge >= 0.3 is 0 Å². The van der Waals surface area contributed by atoms with Gasteiger partial charge in [-0.3, -0.25) is 0 Å². The van der Waals surface area contributed by atoms with E-state index < -0.39 is 0 Å². The number of hydrogen-bond acceptors (Lipinski definition) is 3. The molecule has 1 N–H and O–H groups in total. The fourth-order valence-electron chi connectivity index (χ4n) is 2.73. The number of methoxy groups -OCH3 is 1. The number of aryl methyl sites for hydroxylation is 1. The number of benzene rings is 2. The van der Waals surface area contributed by atoms with Gasteiger partial charge in [-0.05, 0) is 66.8 Å². The number of nitrogens with zero attached hydrogens (tertiary/aromatic N) is 1. The summed E-state index contributed by atoms with van der Waals surface area (Å²) in [6, 6.07) is 15.8. The van der Waals surface area contributed by atoms with Gasteiger partial charge in [0, 0.05) is 27.4 Å². The molecule has 0 atom stereocenters. The number of thiocarbonyl (C=S) groups is 1. The topological polar surface area (TPSA) is 48.2 Å². The first kappa shape index (κ1) is 21.1. The van der Waals surface area contributed by atoms with E-state index >= 15 is 0 Å². The molecule has 0 unspecified atom stereocenters. The molecule has 3 rings (SSSR count). The van der Waals surface area contributed by atoms with Crippen LogP contribution < -0.4 is 19.7 Å². The molecule has 1 heterocycles. The number of pyridine rings is 1. The van der Waals surface area contributed by atoms with Crippen LogP contribution in [0.4, 0.5) is 5.69 Å². The normalized spacial score (nSPS) is 11.6. The largest absolute Gasteiger partial charge is 0.867 e. The van der Waals surface area contributed by atoms with E-state index in [-0.39, 0.29) is 22.0 Å². The second-order valence-corrected chi connectivity index (χ2v) is 7.52. The minimum Gasteiger partial charge on any atom is -0.867 e. The molecule has 7 heteroatoms. The molecule has 0 aliphatic rings. The number of nitrogens with one attached hydrogen (secondary N) is 1. The van der Waals surface area contributed by atoms with Crippen LogP contribution in [0, 0.1) is 6.92 Å². The molecule has 0 saturated carbocycles. The predicted octanol–water partition coefficient (Wildman–Crippen LogP) is 4.72. The molecule has 0 amide bonds. The Morgan fingerprint density at radius 3 is 2.48 bits per heavy atom. The number of anilines is 1. The van der Waals surface area contributed by atoms with Crippen LogP contribution in [-0.2, 0) is 0 Å². The van der Waals surface area contributed by atoms with E-state index in [1.54, 1.807) is 48.2 Å². The van der Waals surface area contributed by atoms with Crippen molar-refractivity contribution in [1.29, 1.82) is 0 Å². The molecule has 148 valence electrons. The molecule has 1 aromatic heterocycles.